The number of rotatable bonds is 10. The Labute approximate surface area is 196 Å². The largest absolute Gasteiger partial charge is 0.428 e. The summed E-state index contributed by atoms with van der Waals surface area (Å²) in [5.41, 5.74) is 2.58. The molecule has 1 aliphatic heterocycles. The maximum atomic E-state index is 13.9. The summed E-state index contributed by atoms with van der Waals surface area (Å²) in [5, 5.41) is 0. The van der Waals surface area contributed by atoms with E-state index in [9.17, 15) is 4.79 Å². The van der Waals surface area contributed by atoms with Crippen LogP contribution in [0.25, 0.3) is 0 Å². The van der Waals surface area contributed by atoms with Crippen molar-refractivity contribution in [3.8, 4) is 0 Å². The van der Waals surface area contributed by atoms with Gasteiger partial charge in [0.25, 0.3) is 0 Å². The Morgan fingerprint density at radius 2 is 1.74 bits per heavy atom. The van der Waals surface area contributed by atoms with Gasteiger partial charge in [0.1, 0.15) is 0 Å². The summed E-state index contributed by atoms with van der Waals surface area (Å²) in [6, 6.07) is 6.84. The molecule has 3 rings (SSSR count). The van der Waals surface area contributed by atoms with Crippen molar-refractivity contribution in [3.63, 3.8) is 0 Å². The minimum atomic E-state index is -0.416. The Morgan fingerprint density at radius 1 is 1.13 bits per heavy atom. The van der Waals surface area contributed by atoms with E-state index >= 15 is 0 Å². The van der Waals surface area contributed by atoms with Crippen molar-refractivity contribution in [1.82, 2.24) is 0 Å². The van der Waals surface area contributed by atoms with Crippen molar-refractivity contribution in [1.29, 1.82) is 0 Å². The second kappa shape index (κ2) is 9.13. The van der Waals surface area contributed by atoms with E-state index in [-0.39, 0.29) is 10.2 Å². The highest BCUT2D eigenvalue weighted by Crippen LogP contribution is 2.51. The highest BCUT2D eigenvalue weighted by Gasteiger charge is 2.53. The first-order chi connectivity index (χ1) is 14.5. The molecule has 0 aromatic heterocycles. The van der Waals surface area contributed by atoms with E-state index < -0.39 is 5.60 Å². The fourth-order valence-corrected chi connectivity index (χ4v) is 5.16. The molecule has 0 spiro atoms. The zero-order valence-corrected chi connectivity index (χ0v) is 21.5. The van der Waals surface area contributed by atoms with Gasteiger partial charge in [-0.25, -0.2) is 0 Å². The number of thiol groups is 1. The Bertz CT molecular complexity index is 789. The van der Waals surface area contributed by atoms with Crippen LogP contribution in [0.2, 0.25) is 0 Å². The smallest absolute Gasteiger partial charge is 0.330 e. The minimum Gasteiger partial charge on any atom is -0.428 e. The number of carbonyl (C=O) groups is 1. The highest BCUT2D eigenvalue weighted by molar-refractivity contribution is 7.81. The van der Waals surface area contributed by atoms with Crippen LogP contribution in [0, 0.1) is 5.92 Å². The third-order valence-electron chi connectivity index (χ3n) is 7.89. The van der Waals surface area contributed by atoms with Gasteiger partial charge < -0.3 is 9.55 Å². The number of benzene rings is 1. The normalized spacial score (nSPS) is 23.0. The van der Waals surface area contributed by atoms with Crippen LogP contribution in [-0.4, -0.2) is 29.8 Å². The standard InChI is InChI=1S/C26H41BNO2S/c1-8-13-26(14-9-2)21-12-11-19(27-30-24(4,5)25(6,7)31)17-22(21)28(23(26)29)20-15-18(10-3)16-20/h11-12,17-18,20,31H,8-10,13-16H2,1-7H3. The van der Waals surface area contributed by atoms with Crippen molar-refractivity contribution < 1.29 is 9.45 Å². The van der Waals surface area contributed by atoms with Gasteiger partial charge in [0.05, 0.1) is 11.0 Å². The number of nitrogens with zero attached hydrogens (tertiary/aromatic N) is 1. The lowest BCUT2D eigenvalue weighted by atomic mass is 9.73. The summed E-state index contributed by atoms with van der Waals surface area (Å²) in [6.45, 7) is 14.9. The van der Waals surface area contributed by atoms with E-state index in [1.165, 1.54) is 12.0 Å². The zero-order valence-electron chi connectivity index (χ0n) is 20.6. The molecule has 0 bridgehead atoms. The van der Waals surface area contributed by atoms with Gasteiger partial charge in [0.15, 0.2) is 0 Å². The van der Waals surface area contributed by atoms with Gasteiger partial charge in [-0.2, -0.15) is 12.6 Å². The fourth-order valence-electron chi connectivity index (χ4n) is 5.11. The molecule has 1 aromatic rings. The van der Waals surface area contributed by atoms with E-state index in [0.717, 1.165) is 55.6 Å². The van der Waals surface area contributed by atoms with E-state index in [1.807, 2.05) is 7.48 Å². The second-order valence-electron chi connectivity index (χ2n) is 10.7. The molecular weight excluding hydrogens is 401 g/mol. The fraction of sp³-hybridized carbons (Fsp3) is 0.731. The van der Waals surface area contributed by atoms with Gasteiger partial charge in [-0.15, -0.1) is 0 Å². The number of carbonyl (C=O) groups excluding carboxylic acids is 1. The maximum Gasteiger partial charge on any atom is 0.330 e. The van der Waals surface area contributed by atoms with Gasteiger partial charge in [0, 0.05) is 16.5 Å². The van der Waals surface area contributed by atoms with Crippen molar-refractivity contribution in [3.05, 3.63) is 23.8 Å². The molecule has 171 valence electrons. The first-order valence-corrected chi connectivity index (χ1v) is 12.7. The van der Waals surface area contributed by atoms with Gasteiger partial charge >= 0.3 is 7.48 Å². The van der Waals surface area contributed by atoms with Crippen molar-refractivity contribution in [2.45, 2.75) is 115 Å². The van der Waals surface area contributed by atoms with Crippen LogP contribution in [-0.2, 0) is 14.9 Å². The lowest BCUT2D eigenvalue weighted by Crippen LogP contribution is -2.50. The first-order valence-electron chi connectivity index (χ1n) is 12.2. The van der Waals surface area contributed by atoms with E-state index in [4.69, 9.17) is 17.3 Å². The maximum absolute atomic E-state index is 13.9. The molecule has 1 radical (unpaired) electrons. The summed E-state index contributed by atoms with van der Waals surface area (Å²) >= 11 is 4.71. The number of amides is 1. The topological polar surface area (TPSA) is 29.5 Å². The van der Waals surface area contributed by atoms with Gasteiger partial charge in [0.2, 0.25) is 5.91 Å². The third kappa shape index (κ3) is 4.46. The quantitative estimate of drug-likeness (QED) is 0.366. The van der Waals surface area contributed by atoms with Gasteiger partial charge in [-0.05, 0) is 70.9 Å². The van der Waals surface area contributed by atoms with E-state index in [2.05, 4.69) is 71.6 Å². The SMILES string of the molecule is CCCC1(CCC)C(=O)N(C2CC(CC)C2)c2cc([B]OC(C)(C)C(C)(C)S)ccc21. The van der Waals surface area contributed by atoms with Crippen molar-refractivity contribution in [2.24, 2.45) is 5.92 Å². The molecule has 1 amide bonds. The minimum absolute atomic E-state index is 0.277. The van der Waals surface area contributed by atoms with Crippen LogP contribution >= 0.6 is 12.6 Å². The van der Waals surface area contributed by atoms with Gasteiger partial charge in [-0.1, -0.05) is 57.6 Å². The Morgan fingerprint density at radius 3 is 2.26 bits per heavy atom. The molecule has 1 aliphatic carbocycles. The van der Waals surface area contributed by atoms with Crippen molar-refractivity contribution in [2.75, 3.05) is 4.90 Å². The predicted molar refractivity (Wildman–Crippen MR) is 136 cm³/mol. The Balaban J connectivity index is 1.95. The predicted octanol–water partition coefficient (Wildman–Crippen LogP) is 5.81. The molecule has 1 heterocycles. The van der Waals surface area contributed by atoms with Gasteiger partial charge in [-0.3, -0.25) is 4.79 Å². The van der Waals surface area contributed by atoms with Crippen LogP contribution in [0.5, 0.6) is 0 Å². The first kappa shape index (κ1) is 24.7. The molecule has 3 nitrogen and oxygen atoms in total. The molecule has 0 atom stereocenters. The van der Waals surface area contributed by atoms with E-state index in [0.29, 0.717) is 11.9 Å². The van der Waals surface area contributed by atoms with Crippen LogP contribution in [0.3, 0.4) is 0 Å². The molecule has 1 saturated carbocycles. The van der Waals surface area contributed by atoms with Crippen molar-refractivity contribution >= 4 is 37.2 Å². The average molecular weight is 442 g/mol. The summed E-state index contributed by atoms with van der Waals surface area (Å²) in [7, 11) is 1.84. The molecule has 0 unspecified atom stereocenters. The lowest BCUT2D eigenvalue weighted by molar-refractivity contribution is -0.124. The highest BCUT2D eigenvalue weighted by atomic mass is 32.1. The molecule has 31 heavy (non-hydrogen) atoms. The monoisotopic (exact) mass is 442 g/mol. The lowest BCUT2D eigenvalue weighted by Gasteiger charge is -2.42. The molecule has 0 N–H and O–H groups in total. The second-order valence-corrected chi connectivity index (χ2v) is 11.9. The summed E-state index contributed by atoms with van der Waals surface area (Å²) in [5.74, 6) is 1.09. The van der Waals surface area contributed by atoms with Crippen LogP contribution in [0.15, 0.2) is 18.2 Å². The molecule has 1 fully saturated rings. The average Bonchev–Trinajstić information content (AvgIpc) is 2.88. The number of fused-ring (bicyclic) bond motifs is 1. The van der Waals surface area contributed by atoms with E-state index in [1.54, 1.807) is 0 Å². The molecule has 2 aliphatic rings. The summed E-state index contributed by atoms with van der Waals surface area (Å²) < 4.78 is 5.90. The molecule has 0 saturated heterocycles. The number of hydrogen-bond donors (Lipinski definition) is 1. The van der Waals surface area contributed by atoms with Crippen LogP contribution < -0.4 is 10.4 Å². The van der Waals surface area contributed by atoms with Crippen LogP contribution in [0.4, 0.5) is 5.69 Å². The zero-order chi connectivity index (χ0) is 23.0. The Hall–Kier alpha value is -0.935. The Kier molecular flexibility index (Phi) is 7.28. The number of hydrogen-bond acceptors (Lipinski definition) is 3. The molecule has 5 heteroatoms. The molecular formula is C26H41BNO2S. The summed E-state index contributed by atoms with van der Waals surface area (Å²) in [6.07, 6.45) is 7.34. The third-order valence-corrected chi connectivity index (χ3v) is 8.43. The van der Waals surface area contributed by atoms with Crippen LogP contribution in [0.1, 0.15) is 99.0 Å². The summed E-state index contributed by atoms with van der Waals surface area (Å²) in [4.78, 5) is 16.1. The number of anilines is 1. The molecule has 1 aromatic carbocycles.